The van der Waals surface area contributed by atoms with Crippen molar-refractivity contribution in [2.75, 3.05) is 12.4 Å². The maximum absolute atomic E-state index is 12.3. The van der Waals surface area contributed by atoms with Gasteiger partial charge in [-0.05, 0) is 49.4 Å². The van der Waals surface area contributed by atoms with Gasteiger partial charge in [0.25, 0.3) is 0 Å². The minimum Gasteiger partial charge on any atom is -0.497 e. The normalized spacial score (nSPS) is 12.5. The minimum atomic E-state index is -3.85. The number of hydrogen-bond acceptors (Lipinski definition) is 4. The number of sulfonamides is 1. The van der Waals surface area contributed by atoms with Gasteiger partial charge in [-0.15, -0.1) is 0 Å². The number of benzene rings is 2. The highest BCUT2D eigenvalue weighted by Crippen LogP contribution is 2.17. The second-order valence-electron chi connectivity index (χ2n) is 5.02. The number of rotatable bonds is 6. The number of hydrogen-bond donors (Lipinski definition) is 2. The molecule has 1 atom stereocenters. The van der Waals surface area contributed by atoms with Crippen molar-refractivity contribution in [3.8, 4) is 5.75 Å². The summed E-state index contributed by atoms with van der Waals surface area (Å²) in [4.78, 5) is 12.1. The maximum atomic E-state index is 12.3. The molecule has 0 spiro atoms. The Balaban J connectivity index is 2.04. The molecule has 0 aliphatic carbocycles. The lowest BCUT2D eigenvalue weighted by atomic mass is 10.2. The zero-order chi connectivity index (χ0) is 17.7. The Morgan fingerprint density at radius 3 is 2.42 bits per heavy atom. The summed E-state index contributed by atoms with van der Waals surface area (Å²) in [6.07, 6.45) is 0. The summed E-state index contributed by atoms with van der Waals surface area (Å²) in [6, 6.07) is 11.6. The Kier molecular flexibility index (Phi) is 5.82. The molecule has 0 saturated carbocycles. The van der Waals surface area contributed by atoms with Gasteiger partial charge in [-0.2, -0.15) is 4.72 Å². The molecule has 2 aromatic carbocycles. The third kappa shape index (κ3) is 4.70. The molecule has 24 heavy (non-hydrogen) atoms. The van der Waals surface area contributed by atoms with Crippen molar-refractivity contribution >= 4 is 33.2 Å². The molecule has 6 nitrogen and oxygen atoms in total. The number of methoxy groups -OCH3 is 1. The summed E-state index contributed by atoms with van der Waals surface area (Å²) < 4.78 is 31.9. The number of amides is 1. The molecule has 8 heteroatoms. The lowest BCUT2D eigenvalue weighted by molar-refractivity contribution is -0.117. The third-order valence-corrected chi connectivity index (χ3v) is 4.96. The summed E-state index contributed by atoms with van der Waals surface area (Å²) in [7, 11) is -2.30. The highest BCUT2D eigenvalue weighted by Gasteiger charge is 2.22. The summed E-state index contributed by atoms with van der Waals surface area (Å²) in [5.41, 5.74) is 0.537. The van der Waals surface area contributed by atoms with E-state index in [1.807, 2.05) is 0 Å². The summed E-state index contributed by atoms with van der Waals surface area (Å²) in [6.45, 7) is 1.46. The molecule has 0 aliphatic rings. The molecule has 0 heterocycles. The molecule has 0 bridgehead atoms. The standard InChI is InChI=1S/C16H17ClN2O4S/c1-11(16(20)18-13-6-8-14(23-2)9-7-13)19-24(21,22)15-5-3-4-12(17)10-15/h3-11,19H,1-2H3,(H,18,20)/t11-/m1/s1. The van der Waals surface area contributed by atoms with Crippen molar-refractivity contribution in [3.05, 3.63) is 53.6 Å². The molecule has 0 fully saturated rings. The van der Waals surface area contributed by atoms with Gasteiger partial charge < -0.3 is 10.1 Å². The fourth-order valence-corrected chi connectivity index (χ4v) is 3.42. The smallest absolute Gasteiger partial charge is 0.242 e. The number of nitrogens with one attached hydrogen (secondary N) is 2. The molecule has 1 amide bonds. The summed E-state index contributed by atoms with van der Waals surface area (Å²) in [5.74, 6) is 0.175. The van der Waals surface area contributed by atoms with Gasteiger partial charge in [-0.3, -0.25) is 4.79 Å². The van der Waals surface area contributed by atoms with Crippen LogP contribution in [0.4, 0.5) is 5.69 Å². The van der Waals surface area contributed by atoms with Crippen molar-refractivity contribution < 1.29 is 17.9 Å². The molecule has 0 unspecified atom stereocenters. The molecule has 2 rings (SSSR count). The fourth-order valence-electron chi connectivity index (χ4n) is 1.91. The first kappa shape index (κ1) is 18.3. The lowest BCUT2D eigenvalue weighted by Gasteiger charge is -2.15. The van der Waals surface area contributed by atoms with Gasteiger partial charge >= 0.3 is 0 Å². The van der Waals surface area contributed by atoms with Crippen LogP contribution < -0.4 is 14.8 Å². The minimum absolute atomic E-state index is 0.000836. The first-order valence-corrected chi connectivity index (χ1v) is 8.91. The number of carbonyl (C=O) groups is 1. The molecular formula is C16H17ClN2O4S. The Hall–Kier alpha value is -2.09. The number of anilines is 1. The van der Waals surface area contributed by atoms with E-state index in [2.05, 4.69) is 10.0 Å². The SMILES string of the molecule is COc1ccc(NC(=O)[C@@H](C)NS(=O)(=O)c2cccc(Cl)c2)cc1. The number of carbonyl (C=O) groups excluding carboxylic acids is 1. The van der Waals surface area contributed by atoms with Crippen LogP contribution in [0.5, 0.6) is 5.75 Å². The molecule has 0 radical (unpaired) electrons. The van der Waals surface area contributed by atoms with Crippen LogP contribution >= 0.6 is 11.6 Å². The van der Waals surface area contributed by atoms with E-state index in [4.69, 9.17) is 16.3 Å². The Labute approximate surface area is 145 Å². The molecule has 0 saturated heterocycles. The Morgan fingerprint density at radius 2 is 1.83 bits per heavy atom. The predicted octanol–water partition coefficient (Wildman–Crippen LogP) is 2.65. The van der Waals surface area contributed by atoms with Crippen LogP contribution in [0, 0.1) is 0 Å². The third-order valence-electron chi connectivity index (χ3n) is 3.19. The van der Waals surface area contributed by atoms with Crippen molar-refractivity contribution in [2.24, 2.45) is 0 Å². The molecule has 2 N–H and O–H groups in total. The van der Waals surface area contributed by atoms with Crippen LogP contribution in [0.3, 0.4) is 0 Å². The van der Waals surface area contributed by atoms with E-state index in [0.717, 1.165) is 0 Å². The second-order valence-corrected chi connectivity index (χ2v) is 7.17. The van der Waals surface area contributed by atoms with Crippen LogP contribution in [0.1, 0.15) is 6.92 Å². The van der Waals surface area contributed by atoms with E-state index in [1.54, 1.807) is 37.4 Å². The fraction of sp³-hybridized carbons (Fsp3) is 0.188. The Bertz CT molecular complexity index is 822. The van der Waals surface area contributed by atoms with Crippen molar-refractivity contribution in [1.29, 1.82) is 0 Å². The summed E-state index contributed by atoms with van der Waals surface area (Å²) in [5, 5.41) is 2.93. The topological polar surface area (TPSA) is 84.5 Å². The average molecular weight is 369 g/mol. The van der Waals surface area contributed by atoms with Gasteiger partial charge in [0.1, 0.15) is 5.75 Å². The van der Waals surface area contributed by atoms with Crippen LogP contribution in [-0.2, 0) is 14.8 Å². The largest absolute Gasteiger partial charge is 0.497 e. The zero-order valence-electron chi connectivity index (χ0n) is 13.1. The first-order chi connectivity index (χ1) is 11.3. The van der Waals surface area contributed by atoms with Crippen molar-refractivity contribution in [3.63, 3.8) is 0 Å². The molecule has 2 aromatic rings. The van der Waals surface area contributed by atoms with Crippen molar-refractivity contribution in [1.82, 2.24) is 4.72 Å². The van der Waals surface area contributed by atoms with E-state index in [-0.39, 0.29) is 4.90 Å². The van der Waals surface area contributed by atoms with E-state index in [1.165, 1.54) is 25.1 Å². The molecule has 128 valence electrons. The van der Waals surface area contributed by atoms with Gasteiger partial charge in [-0.1, -0.05) is 17.7 Å². The van der Waals surface area contributed by atoms with Crippen LogP contribution in [-0.4, -0.2) is 27.5 Å². The predicted molar refractivity (Wildman–Crippen MR) is 92.9 cm³/mol. The van der Waals surface area contributed by atoms with Gasteiger partial charge in [0.2, 0.25) is 15.9 Å². The van der Waals surface area contributed by atoms with Crippen molar-refractivity contribution in [2.45, 2.75) is 17.9 Å². The van der Waals surface area contributed by atoms with Crippen LogP contribution in [0.25, 0.3) is 0 Å². The van der Waals surface area contributed by atoms with Gasteiger partial charge in [-0.25, -0.2) is 8.42 Å². The molecule has 0 aromatic heterocycles. The number of ether oxygens (including phenoxy) is 1. The highest BCUT2D eigenvalue weighted by atomic mass is 35.5. The van der Waals surface area contributed by atoms with Gasteiger partial charge in [0, 0.05) is 10.7 Å². The van der Waals surface area contributed by atoms with E-state index < -0.39 is 22.0 Å². The van der Waals surface area contributed by atoms with Gasteiger partial charge in [0.15, 0.2) is 0 Å². The second kappa shape index (κ2) is 7.65. The molecular weight excluding hydrogens is 352 g/mol. The Morgan fingerprint density at radius 1 is 1.17 bits per heavy atom. The quantitative estimate of drug-likeness (QED) is 0.820. The molecule has 0 aliphatic heterocycles. The average Bonchev–Trinajstić information content (AvgIpc) is 2.55. The van der Waals surface area contributed by atoms with E-state index in [9.17, 15) is 13.2 Å². The monoisotopic (exact) mass is 368 g/mol. The number of halogens is 1. The van der Waals surface area contributed by atoms with Gasteiger partial charge in [0.05, 0.1) is 18.0 Å². The lowest BCUT2D eigenvalue weighted by Crippen LogP contribution is -2.41. The first-order valence-electron chi connectivity index (χ1n) is 7.04. The zero-order valence-corrected chi connectivity index (χ0v) is 14.7. The van der Waals surface area contributed by atoms with Crippen LogP contribution in [0.2, 0.25) is 5.02 Å². The van der Waals surface area contributed by atoms with E-state index in [0.29, 0.717) is 16.5 Å². The van der Waals surface area contributed by atoms with E-state index >= 15 is 0 Å². The maximum Gasteiger partial charge on any atom is 0.242 e. The summed E-state index contributed by atoms with van der Waals surface area (Å²) >= 11 is 5.80. The van der Waals surface area contributed by atoms with Crippen LogP contribution in [0.15, 0.2) is 53.4 Å². The highest BCUT2D eigenvalue weighted by molar-refractivity contribution is 7.89.